The van der Waals surface area contributed by atoms with Gasteiger partial charge >= 0.3 is 5.97 Å². The number of anilines is 1. The summed E-state index contributed by atoms with van der Waals surface area (Å²) in [6.07, 6.45) is 7.55. The van der Waals surface area contributed by atoms with Gasteiger partial charge in [0, 0.05) is 6.54 Å². The van der Waals surface area contributed by atoms with E-state index in [1.54, 1.807) is 4.90 Å². The summed E-state index contributed by atoms with van der Waals surface area (Å²) in [5, 5.41) is 12.9. The molecule has 170 valence electrons. The Morgan fingerprint density at radius 2 is 1.94 bits per heavy atom. The molecular weight excluding hydrogens is 416 g/mol. The zero-order chi connectivity index (χ0) is 23.2. The van der Waals surface area contributed by atoms with Crippen LogP contribution >= 0.6 is 0 Å². The Kier molecular flexibility index (Phi) is 7.05. The van der Waals surface area contributed by atoms with Crippen molar-refractivity contribution in [3.8, 4) is 5.75 Å². The Morgan fingerprint density at radius 3 is 2.70 bits per heavy atom. The van der Waals surface area contributed by atoms with Crippen LogP contribution in [0.5, 0.6) is 5.75 Å². The first kappa shape index (κ1) is 22.6. The third-order valence-corrected chi connectivity index (χ3v) is 5.87. The molecule has 2 N–H and O–H groups in total. The average molecular weight is 445 g/mol. The third-order valence-electron chi connectivity index (χ3n) is 5.87. The zero-order valence-electron chi connectivity index (χ0n) is 18.4. The maximum atomic E-state index is 13.6. The molecule has 0 spiro atoms. The van der Waals surface area contributed by atoms with E-state index in [0.29, 0.717) is 37.2 Å². The molecule has 0 saturated carbocycles. The molecule has 2 atom stereocenters. The topological polar surface area (TPSA) is 78.9 Å². The molecule has 6 heteroatoms. The van der Waals surface area contributed by atoms with Crippen LogP contribution in [0.3, 0.4) is 0 Å². The molecule has 0 saturated heterocycles. The van der Waals surface area contributed by atoms with Crippen molar-refractivity contribution in [3.63, 3.8) is 0 Å². The van der Waals surface area contributed by atoms with Crippen molar-refractivity contribution >= 4 is 17.6 Å². The summed E-state index contributed by atoms with van der Waals surface area (Å²) in [5.41, 5.74) is 3.79. The monoisotopic (exact) mass is 444 g/mol. The number of hydrogen-bond donors (Lipinski definition) is 2. The molecule has 2 aromatic rings. The van der Waals surface area contributed by atoms with Crippen LogP contribution in [0.4, 0.5) is 5.69 Å². The highest BCUT2D eigenvalue weighted by Gasteiger charge is 2.34. The van der Waals surface area contributed by atoms with Gasteiger partial charge in [0.05, 0.1) is 5.69 Å². The van der Waals surface area contributed by atoms with Crippen LogP contribution in [0.25, 0.3) is 0 Å². The van der Waals surface area contributed by atoms with E-state index in [2.05, 4.69) is 11.9 Å². The number of aryl methyl sites for hydroxylation is 1. The quantitative estimate of drug-likeness (QED) is 0.646. The lowest BCUT2D eigenvalue weighted by Gasteiger charge is -2.28. The summed E-state index contributed by atoms with van der Waals surface area (Å²) in [4.78, 5) is 27.3. The number of nitrogens with zero attached hydrogens (tertiary/aromatic N) is 1. The number of ether oxygens (including phenoxy) is 1. The van der Waals surface area contributed by atoms with Crippen LogP contribution in [0.2, 0.25) is 0 Å². The van der Waals surface area contributed by atoms with E-state index >= 15 is 0 Å². The number of carboxylic acids is 1. The molecule has 33 heavy (non-hydrogen) atoms. The molecule has 6 nitrogen and oxygen atoms in total. The number of para-hydroxylation sites is 2. The summed E-state index contributed by atoms with van der Waals surface area (Å²) >= 11 is 0. The molecule has 4 rings (SSSR count). The molecular formula is C27H28N2O4. The van der Waals surface area contributed by atoms with E-state index in [1.165, 1.54) is 0 Å². The summed E-state index contributed by atoms with van der Waals surface area (Å²) in [6.45, 7) is 4.48. The molecule has 0 unspecified atom stereocenters. The van der Waals surface area contributed by atoms with Gasteiger partial charge < -0.3 is 14.7 Å². The minimum absolute atomic E-state index is 0.0626. The number of amides is 1. The normalized spacial score (nSPS) is 18.7. The number of nitrogens with one attached hydrogen (secondary N) is 1. The maximum Gasteiger partial charge on any atom is 0.320 e. The van der Waals surface area contributed by atoms with Gasteiger partial charge in [0.2, 0.25) is 5.91 Å². The van der Waals surface area contributed by atoms with Crippen molar-refractivity contribution < 1.29 is 19.4 Å². The Morgan fingerprint density at radius 1 is 1.18 bits per heavy atom. The fourth-order valence-corrected chi connectivity index (χ4v) is 4.15. The number of allylic oxidation sites excluding steroid dienone is 4. The van der Waals surface area contributed by atoms with Gasteiger partial charge in [0.25, 0.3) is 0 Å². The Hall–Kier alpha value is -3.64. The zero-order valence-corrected chi connectivity index (χ0v) is 18.4. The van der Waals surface area contributed by atoms with Crippen molar-refractivity contribution in [2.45, 2.75) is 31.3 Å². The van der Waals surface area contributed by atoms with Crippen LogP contribution in [0, 0.1) is 0 Å². The van der Waals surface area contributed by atoms with Gasteiger partial charge in [-0.15, -0.1) is 0 Å². The summed E-state index contributed by atoms with van der Waals surface area (Å²) in [7, 11) is 0. The van der Waals surface area contributed by atoms with Crippen molar-refractivity contribution in [3.05, 3.63) is 96.1 Å². The minimum Gasteiger partial charge on any atom is -0.489 e. The standard InChI is InChI=1S/C27H28N2O4/c1-19-8-7-11-21(16-19)17-29-24-12-5-6-13-25(24)33-18-23(26(29)30)28-22(27(31)32)15-14-20-9-3-2-4-10-20/h2-13,22-23,28H,1,14-18H2,(H,31,32)/t22-,23-/m0/s1. The summed E-state index contributed by atoms with van der Waals surface area (Å²) in [6, 6.07) is 15.5. The summed E-state index contributed by atoms with van der Waals surface area (Å²) < 4.78 is 5.95. The number of hydrogen-bond acceptors (Lipinski definition) is 4. The molecule has 0 fully saturated rings. The second-order valence-corrected chi connectivity index (χ2v) is 8.36. The van der Waals surface area contributed by atoms with Crippen LogP contribution in [-0.2, 0) is 16.0 Å². The average Bonchev–Trinajstić information content (AvgIpc) is 2.94. The van der Waals surface area contributed by atoms with E-state index in [-0.39, 0.29) is 12.5 Å². The van der Waals surface area contributed by atoms with Gasteiger partial charge in [0.15, 0.2) is 0 Å². The van der Waals surface area contributed by atoms with Gasteiger partial charge in [-0.2, -0.15) is 0 Å². The number of rotatable bonds is 8. The van der Waals surface area contributed by atoms with Gasteiger partial charge in [-0.25, -0.2) is 0 Å². The van der Waals surface area contributed by atoms with E-state index in [1.807, 2.05) is 72.8 Å². The second-order valence-electron chi connectivity index (χ2n) is 8.36. The van der Waals surface area contributed by atoms with Crippen molar-refractivity contribution in [2.75, 3.05) is 18.1 Å². The fourth-order valence-electron chi connectivity index (χ4n) is 4.15. The molecule has 0 aromatic heterocycles. The molecule has 2 aliphatic rings. The van der Waals surface area contributed by atoms with E-state index in [0.717, 1.165) is 16.7 Å². The predicted molar refractivity (Wildman–Crippen MR) is 128 cm³/mol. The van der Waals surface area contributed by atoms with Crippen LogP contribution in [-0.4, -0.2) is 42.2 Å². The number of carbonyl (C=O) groups excluding carboxylic acids is 1. The highest BCUT2D eigenvalue weighted by atomic mass is 16.5. The molecule has 1 aliphatic carbocycles. The molecule has 2 aromatic carbocycles. The minimum atomic E-state index is -0.983. The SMILES string of the molecule is C=C1C=CC=C(CN2C(=O)[C@@H](N[C@@H](CCc3ccccc3)C(=O)O)COc3ccccc32)C1. The van der Waals surface area contributed by atoms with Gasteiger partial charge in [0.1, 0.15) is 24.4 Å². The van der Waals surface area contributed by atoms with Crippen molar-refractivity contribution in [2.24, 2.45) is 0 Å². The third kappa shape index (κ3) is 5.59. The van der Waals surface area contributed by atoms with Gasteiger partial charge in [-0.1, -0.05) is 72.8 Å². The Balaban J connectivity index is 1.53. The van der Waals surface area contributed by atoms with E-state index in [4.69, 9.17) is 4.74 Å². The van der Waals surface area contributed by atoms with E-state index < -0.39 is 18.1 Å². The molecule has 0 radical (unpaired) electrons. The summed E-state index contributed by atoms with van der Waals surface area (Å²) in [5.74, 6) is -0.576. The lowest BCUT2D eigenvalue weighted by Crippen LogP contribution is -2.54. The van der Waals surface area contributed by atoms with Crippen molar-refractivity contribution in [1.82, 2.24) is 5.32 Å². The van der Waals surface area contributed by atoms with Gasteiger partial charge in [-0.05, 0) is 42.5 Å². The molecule has 0 bridgehead atoms. The first-order chi connectivity index (χ1) is 16.0. The predicted octanol–water partition coefficient (Wildman–Crippen LogP) is 3.90. The number of carboxylic acid groups (broad SMARTS) is 1. The molecule has 1 aliphatic heterocycles. The fraction of sp³-hybridized carbons (Fsp3) is 0.259. The molecule has 1 heterocycles. The van der Waals surface area contributed by atoms with Crippen molar-refractivity contribution in [1.29, 1.82) is 0 Å². The number of carbonyl (C=O) groups is 2. The Labute approximate surface area is 193 Å². The Bertz CT molecular complexity index is 1090. The number of fused-ring (bicyclic) bond motifs is 1. The number of benzene rings is 2. The largest absolute Gasteiger partial charge is 0.489 e. The first-order valence-electron chi connectivity index (χ1n) is 11.1. The van der Waals surface area contributed by atoms with Crippen LogP contribution in [0.15, 0.2) is 90.6 Å². The first-order valence-corrected chi connectivity index (χ1v) is 11.1. The second kappa shape index (κ2) is 10.3. The highest BCUT2D eigenvalue weighted by molar-refractivity contribution is 6.00. The van der Waals surface area contributed by atoms with Crippen LogP contribution in [0.1, 0.15) is 18.4 Å². The van der Waals surface area contributed by atoms with Gasteiger partial charge in [-0.3, -0.25) is 14.9 Å². The van der Waals surface area contributed by atoms with E-state index in [9.17, 15) is 14.7 Å². The highest BCUT2D eigenvalue weighted by Crippen LogP contribution is 2.32. The van der Waals surface area contributed by atoms with Crippen LogP contribution < -0.4 is 15.0 Å². The number of aliphatic carboxylic acids is 1. The smallest absolute Gasteiger partial charge is 0.320 e. The lowest BCUT2D eigenvalue weighted by molar-refractivity contribution is -0.140. The molecule has 1 amide bonds. The lowest BCUT2D eigenvalue weighted by atomic mass is 10.00. The maximum absolute atomic E-state index is 13.6.